The Morgan fingerprint density at radius 2 is 1.27 bits per heavy atom. The van der Waals surface area contributed by atoms with Gasteiger partial charge in [0.1, 0.15) is 0 Å². The molecule has 0 unspecified atom stereocenters. The van der Waals surface area contributed by atoms with E-state index >= 15 is 0 Å². The van der Waals surface area contributed by atoms with E-state index in [1.807, 2.05) is 95.9 Å². The van der Waals surface area contributed by atoms with E-state index in [0.717, 1.165) is 21.2 Å². The summed E-state index contributed by atoms with van der Waals surface area (Å²) in [6, 6.07) is 28.0. The minimum atomic E-state index is 0.000579. The van der Waals surface area contributed by atoms with Gasteiger partial charge in [0.2, 0.25) is 5.91 Å². The van der Waals surface area contributed by atoms with Crippen LogP contribution in [0.4, 0.5) is 0 Å². The van der Waals surface area contributed by atoms with Crippen molar-refractivity contribution < 1.29 is 4.79 Å². The van der Waals surface area contributed by atoms with Crippen molar-refractivity contribution in [1.29, 1.82) is 0 Å². The largest absolute Gasteiger partial charge is 0.331 e. The van der Waals surface area contributed by atoms with Gasteiger partial charge in [-0.1, -0.05) is 88.7 Å². The summed E-state index contributed by atoms with van der Waals surface area (Å²) >= 11 is 3.42. The van der Waals surface area contributed by atoms with Gasteiger partial charge in [0.15, 0.2) is 0 Å². The summed E-state index contributed by atoms with van der Waals surface area (Å²) in [4.78, 5) is 14.7. The monoisotopic (exact) mass is 405 g/mol. The van der Waals surface area contributed by atoms with Crippen molar-refractivity contribution in [3.63, 3.8) is 0 Å². The third-order valence-corrected chi connectivity index (χ3v) is 4.56. The van der Waals surface area contributed by atoms with Crippen molar-refractivity contribution in [3.05, 3.63) is 112 Å². The van der Waals surface area contributed by atoms with Gasteiger partial charge in [-0.15, -0.1) is 0 Å². The number of hydrogen-bond acceptors (Lipinski definition) is 1. The van der Waals surface area contributed by atoms with E-state index in [9.17, 15) is 4.79 Å². The molecule has 0 bridgehead atoms. The van der Waals surface area contributed by atoms with Crippen LogP contribution < -0.4 is 0 Å². The molecule has 3 heteroatoms. The zero-order valence-electron chi connectivity index (χ0n) is 14.4. The Kier molecular flexibility index (Phi) is 6.39. The van der Waals surface area contributed by atoms with Crippen LogP contribution in [0.3, 0.4) is 0 Å². The Balaban J connectivity index is 1.76. The van der Waals surface area contributed by atoms with Crippen molar-refractivity contribution in [2.24, 2.45) is 0 Å². The zero-order chi connectivity index (χ0) is 18.2. The van der Waals surface area contributed by atoms with Crippen molar-refractivity contribution in [3.8, 4) is 0 Å². The molecule has 0 aromatic heterocycles. The third kappa shape index (κ3) is 5.43. The molecule has 0 saturated carbocycles. The second-order valence-corrected chi connectivity index (χ2v) is 6.97. The first-order valence-electron chi connectivity index (χ1n) is 8.51. The van der Waals surface area contributed by atoms with Crippen LogP contribution in [0.5, 0.6) is 0 Å². The highest BCUT2D eigenvalue weighted by molar-refractivity contribution is 9.10. The lowest BCUT2D eigenvalue weighted by Gasteiger charge is -2.21. The molecule has 0 saturated heterocycles. The van der Waals surface area contributed by atoms with E-state index in [4.69, 9.17) is 0 Å². The molecular weight excluding hydrogens is 386 g/mol. The molecule has 1 amide bonds. The summed E-state index contributed by atoms with van der Waals surface area (Å²) < 4.78 is 1.02. The van der Waals surface area contributed by atoms with Gasteiger partial charge in [-0.05, 0) is 34.9 Å². The summed E-state index contributed by atoms with van der Waals surface area (Å²) in [6.45, 7) is 1.17. The van der Waals surface area contributed by atoms with Crippen molar-refractivity contribution in [1.82, 2.24) is 4.90 Å². The number of hydrogen-bond donors (Lipinski definition) is 0. The maximum absolute atomic E-state index is 12.8. The summed E-state index contributed by atoms with van der Waals surface area (Å²) in [5, 5.41) is 0. The first-order chi connectivity index (χ1) is 12.7. The Labute approximate surface area is 162 Å². The minimum Gasteiger partial charge on any atom is -0.331 e. The average Bonchev–Trinajstić information content (AvgIpc) is 2.68. The molecule has 0 spiro atoms. The molecule has 2 nitrogen and oxygen atoms in total. The molecular formula is C23H20BrNO. The fourth-order valence-electron chi connectivity index (χ4n) is 2.67. The summed E-state index contributed by atoms with van der Waals surface area (Å²) in [5.74, 6) is 0.000579. The predicted octanol–water partition coefficient (Wildman–Crippen LogP) is 5.69. The van der Waals surface area contributed by atoms with Crippen molar-refractivity contribution >= 4 is 27.9 Å². The highest BCUT2D eigenvalue weighted by Gasteiger charge is 2.12. The number of carbonyl (C=O) groups is 1. The molecule has 0 aliphatic rings. The van der Waals surface area contributed by atoms with Gasteiger partial charge in [-0.2, -0.15) is 0 Å². The SMILES string of the molecule is O=C(C=Cc1ccc(Br)cc1)N(Cc1ccccc1)Cc1ccccc1. The minimum absolute atomic E-state index is 0.000579. The second-order valence-electron chi connectivity index (χ2n) is 6.05. The van der Waals surface area contributed by atoms with Gasteiger partial charge in [0, 0.05) is 23.6 Å². The highest BCUT2D eigenvalue weighted by atomic mass is 79.9. The number of benzene rings is 3. The molecule has 0 N–H and O–H groups in total. The fourth-order valence-corrected chi connectivity index (χ4v) is 2.93. The highest BCUT2D eigenvalue weighted by Crippen LogP contribution is 2.14. The molecule has 0 radical (unpaired) electrons. The fraction of sp³-hybridized carbons (Fsp3) is 0.0870. The molecule has 3 aromatic rings. The van der Waals surface area contributed by atoms with E-state index in [2.05, 4.69) is 15.9 Å². The topological polar surface area (TPSA) is 20.3 Å². The first kappa shape index (κ1) is 18.2. The molecule has 0 aliphatic heterocycles. The van der Waals surface area contributed by atoms with E-state index < -0.39 is 0 Å². The summed E-state index contributed by atoms with van der Waals surface area (Å²) in [5.41, 5.74) is 3.24. The maximum Gasteiger partial charge on any atom is 0.247 e. The van der Waals surface area contributed by atoms with Crippen molar-refractivity contribution in [2.45, 2.75) is 13.1 Å². The van der Waals surface area contributed by atoms with Gasteiger partial charge in [-0.3, -0.25) is 4.79 Å². The Hall–Kier alpha value is -2.65. The van der Waals surface area contributed by atoms with Gasteiger partial charge < -0.3 is 4.90 Å². The summed E-state index contributed by atoms with van der Waals surface area (Å²) in [6.07, 6.45) is 3.51. The molecule has 0 atom stereocenters. The summed E-state index contributed by atoms with van der Waals surface area (Å²) in [7, 11) is 0. The lowest BCUT2D eigenvalue weighted by Crippen LogP contribution is -2.28. The van der Waals surface area contributed by atoms with Crippen LogP contribution >= 0.6 is 15.9 Å². The number of halogens is 1. The Bertz CT molecular complexity index is 816. The van der Waals surface area contributed by atoms with E-state index in [1.54, 1.807) is 6.08 Å². The van der Waals surface area contributed by atoms with Gasteiger partial charge in [0.25, 0.3) is 0 Å². The lowest BCUT2D eigenvalue weighted by molar-refractivity contribution is -0.127. The first-order valence-corrected chi connectivity index (χ1v) is 9.30. The average molecular weight is 406 g/mol. The smallest absolute Gasteiger partial charge is 0.247 e. The second kappa shape index (κ2) is 9.16. The third-order valence-electron chi connectivity index (χ3n) is 4.03. The van der Waals surface area contributed by atoms with Crippen LogP contribution in [0, 0.1) is 0 Å². The normalized spacial score (nSPS) is 10.8. The van der Waals surface area contributed by atoms with Gasteiger partial charge >= 0.3 is 0 Å². The van der Waals surface area contributed by atoms with Crippen LogP contribution in [-0.2, 0) is 17.9 Å². The van der Waals surface area contributed by atoms with E-state index in [-0.39, 0.29) is 5.91 Å². The number of nitrogens with zero attached hydrogens (tertiary/aromatic N) is 1. The molecule has 26 heavy (non-hydrogen) atoms. The Morgan fingerprint density at radius 1 is 0.769 bits per heavy atom. The quantitative estimate of drug-likeness (QED) is 0.482. The van der Waals surface area contributed by atoms with Crippen LogP contribution in [0.1, 0.15) is 16.7 Å². The lowest BCUT2D eigenvalue weighted by atomic mass is 10.1. The van der Waals surface area contributed by atoms with Crippen LogP contribution in [-0.4, -0.2) is 10.8 Å². The van der Waals surface area contributed by atoms with Crippen LogP contribution in [0.15, 0.2) is 95.5 Å². The van der Waals surface area contributed by atoms with Crippen LogP contribution in [0.25, 0.3) is 6.08 Å². The van der Waals surface area contributed by atoms with Gasteiger partial charge in [-0.25, -0.2) is 0 Å². The number of carbonyl (C=O) groups excluding carboxylic acids is 1. The molecule has 3 aromatic carbocycles. The van der Waals surface area contributed by atoms with E-state index in [1.165, 1.54) is 0 Å². The molecule has 0 heterocycles. The Morgan fingerprint density at radius 3 is 1.77 bits per heavy atom. The predicted molar refractivity (Wildman–Crippen MR) is 110 cm³/mol. The molecule has 130 valence electrons. The number of rotatable bonds is 6. The standard InChI is InChI=1S/C23H20BrNO/c24-22-14-11-19(12-15-22)13-16-23(26)25(17-20-7-3-1-4-8-20)18-21-9-5-2-6-10-21/h1-16H,17-18H2. The van der Waals surface area contributed by atoms with E-state index in [0.29, 0.717) is 13.1 Å². The van der Waals surface area contributed by atoms with Crippen molar-refractivity contribution in [2.75, 3.05) is 0 Å². The molecule has 3 rings (SSSR count). The zero-order valence-corrected chi connectivity index (χ0v) is 16.0. The van der Waals surface area contributed by atoms with Gasteiger partial charge in [0.05, 0.1) is 0 Å². The molecule has 0 aliphatic carbocycles. The molecule has 0 fully saturated rings. The van der Waals surface area contributed by atoms with Crippen LogP contribution in [0.2, 0.25) is 0 Å². The number of amides is 1. The maximum atomic E-state index is 12.8.